The van der Waals surface area contributed by atoms with Crippen molar-refractivity contribution in [3.05, 3.63) is 63.9 Å². The highest BCUT2D eigenvalue weighted by Gasteiger charge is 2.18. The van der Waals surface area contributed by atoms with Crippen molar-refractivity contribution in [2.45, 2.75) is 0 Å². The Kier molecular flexibility index (Phi) is 6.41. The van der Waals surface area contributed by atoms with Gasteiger partial charge in [0.1, 0.15) is 17.2 Å². The number of rotatable bonds is 6. The van der Waals surface area contributed by atoms with Gasteiger partial charge < -0.3 is 14.8 Å². The van der Waals surface area contributed by atoms with Crippen molar-refractivity contribution in [2.75, 3.05) is 19.5 Å². The molecular formula is C20H18Cl2N4O3. The molecule has 0 aliphatic heterocycles. The van der Waals surface area contributed by atoms with Gasteiger partial charge in [-0.05, 0) is 24.3 Å². The normalized spacial score (nSPS) is 10.9. The molecule has 0 spiro atoms. The monoisotopic (exact) mass is 432 g/mol. The number of carbonyl (C=O) groups excluding carboxylic acids is 1. The van der Waals surface area contributed by atoms with Gasteiger partial charge in [0, 0.05) is 23.8 Å². The molecule has 0 aliphatic carbocycles. The molecule has 9 heteroatoms. The van der Waals surface area contributed by atoms with E-state index in [2.05, 4.69) is 15.4 Å². The van der Waals surface area contributed by atoms with Crippen LogP contribution in [0.5, 0.6) is 11.5 Å². The molecule has 3 rings (SSSR count). The summed E-state index contributed by atoms with van der Waals surface area (Å²) in [5.74, 6) is 0.604. The third-order valence-corrected chi connectivity index (χ3v) is 4.57. The van der Waals surface area contributed by atoms with Crippen molar-refractivity contribution in [2.24, 2.45) is 12.0 Å². The second-order valence-electron chi connectivity index (χ2n) is 5.92. The van der Waals surface area contributed by atoms with Gasteiger partial charge >= 0.3 is 0 Å². The zero-order valence-electron chi connectivity index (χ0n) is 15.9. The number of aromatic nitrogens is 2. The van der Waals surface area contributed by atoms with E-state index in [0.717, 1.165) is 0 Å². The fourth-order valence-corrected chi connectivity index (χ4v) is 3.33. The largest absolute Gasteiger partial charge is 0.495 e. The molecule has 3 aromatic rings. The first-order chi connectivity index (χ1) is 13.9. The lowest BCUT2D eigenvalue weighted by atomic mass is 10.2. The molecule has 1 amide bonds. The van der Waals surface area contributed by atoms with Crippen LogP contribution in [0.3, 0.4) is 0 Å². The minimum Gasteiger partial charge on any atom is -0.495 e. The summed E-state index contributed by atoms with van der Waals surface area (Å²) in [5, 5.41) is 7.76. The lowest BCUT2D eigenvalue weighted by Crippen LogP contribution is -2.16. The van der Waals surface area contributed by atoms with Crippen LogP contribution in [0.4, 0.5) is 11.4 Å². The number of methoxy groups -OCH3 is 2. The maximum absolute atomic E-state index is 12.9. The highest BCUT2D eigenvalue weighted by atomic mass is 35.5. The fourth-order valence-electron chi connectivity index (χ4n) is 2.74. The van der Waals surface area contributed by atoms with E-state index in [1.807, 2.05) is 6.07 Å². The number of aliphatic imine (C=N–C) groups is 1. The summed E-state index contributed by atoms with van der Waals surface area (Å²) in [5.41, 5.74) is 1.77. The van der Waals surface area contributed by atoms with Gasteiger partial charge in [-0.1, -0.05) is 35.3 Å². The van der Waals surface area contributed by atoms with E-state index in [9.17, 15) is 4.79 Å². The number of nitrogens with one attached hydrogen (secondary N) is 1. The van der Waals surface area contributed by atoms with E-state index in [-0.39, 0.29) is 11.6 Å². The number of nitrogens with zero attached hydrogens (tertiary/aromatic N) is 3. The second-order valence-corrected chi connectivity index (χ2v) is 6.77. The molecule has 2 aromatic carbocycles. The van der Waals surface area contributed by atoms with Gasteiger partial charge in [0.05, 0.1) is 31.1 Å². The quantitative estimate of drug-likeness (QED) is 0.570. The zero-order valence-corrected chi connectivity index (χ0v) is 17.5. The first-order valence-electron chi connectivity index (χ1n) is 8.48. The average Bonchev–Trinajstić information content (AvgIpc) is 3.07. The Labute approximate surface area is 177 Å². The van der Waals surface area contributed by atoms with Crippen molar-refractivity contribution >= 4 is 46.7 Å². The van der Waals surface area contributed by atoms with Crippen molar-refractivity contribution in [1.29, 1.82) is 0 Å². The number of hydrogen-bond donors (Lipinski definition) is 1. The summed E-state index contributed by atoms with van der Waals surface area (Å²) >= 11 is 12.2. The number of ether oxygens (including phenoxy) is 2. The van der Waals surface area contributed by atoms with Crippen molar-refractivity contribution in [3.8, 4) is 11.5 Å². The Morgan fingerprint density at radius 3 is 2.69 bits per heavy atom. The first kappa shape index (κ1) is 20.7. The molecule has 0 atom stereocenters. The topological polar surface area (TPSA) is 77.7 Å². The van der Waals surface area contributed by atoms with Gasteiger partial charge in [0.25, 0.3) is 5.91 Å². The maximum atomic E-state index is 12.9. The van der Waals surface area contributed by atoms with E-state index in [0.29, 0.717) is 38.5 Å². The lowest BCUT2D eigenvalue weighted by molar-refractivity contribution is 0.101. The first-order valence-corrected chi connectivity index (χ1v) is 9.23. The summed E-state index contributed by atoms with van der Waals surface area (Å²) in [6, 6.07) is 10.4. The lowest BCUT2D eigenvalue weighted by Gasteiger charge is -2.10. The van der Waals surface area contributed by atoms with E-state index in [4.69, 9.17) is 32.7 Å². The zero-order chi connectivity index (χ0) is 21.0. The molecule has 0 saturated carbocycles. The molecule has 1 aromatic heterocycles. The predicted molar refractivity (Wildman–Crippen MR) is 114 cm³/mol. The minimum atomic E-state index is -0.377. The highest BCUT2D eigenvalue weighted by molar-refractivity contribution is 6.36. The third kappa shape index (κ3) is 4.52. The minimum absolute atomic E-state index is 0.277. The summed E-state index contributed by atoms with van der Waals surface area (Å²) in [4.78, 5) is 17.3. The van der Waals surface area contributed by atoms with Crippen LogP contribution in [0.25, 0.3) is 0 Å². The molecule has 0 radical (unpaired) electrons. The summed E-state index contributed by atoms with van der Waals surface area (Å²) < 4.78 is 12.0. The SMILES string of the molecule is COc1ccccc1NC(=O)c1c(N=Cc2cc(Cl)cc(Cl)c2OC)cnn1C. The van der Waals surface area contributed by atoms with Crippen LogP contribution in [0.1, 0.15) is 16.1 Å². The molecule has 7 nitrogen and oxygen atoms in total. The molecule has 1 heterocycles. The highest BCUT2D eigenvalue weighted by Crippen LogP contribution is 2.32. The van der Waals surface area contributed by atoms with Gasteiger partial charge in [-0.3, -0.25) is 14.5 Å². The molecule has 0 saturated heterocycles. The fraction of sp³-hybridized carbons (Fsp3) is 0.150. The standard InChI is InChI=1S/C20H18Cl2N4O3/c1-26-18(20(27)25-15-6-4-5-7-17(15)28-2)16(11-24-26)23-10-12-8-13(21)9-14(22)19(12)29-3/h4-11H,1-3H3,(H,25,27). The van der Waals surface area contributed by atoms with Crippen LogP contribution < -0.4 is 14.8 Å². The molecular weight excluding hydrogens is 415 g/mol. The Balaban J connectivity index is 1.92. The Morgan fingerprint density at radius 1 is 1.21 bits per heavy atom. The van der Waals surface area contributed by atoms with Crippen LogP contribution in [-0.4, -0.2) is 36.1 Å². The van der Waals surface area contributed by atoms with Crippen LogP contribution in [-0.2, 0) is 7.05 Å². The second kappa shape index (κ2) is 8.98. The van der Waals surface area contributed by atoms with Crippen LogP contribution in [0.15, 0.2) is 47.6 Å². The number of hydrogen-bond acceptors (Lipinski definition) is 5. The molecule has 0 bridgehead atoms. The van der Waals surface area contributed by atoms with Crippen molar-refractivity contribution < 1.29 is 14.3 Å². The van der Waals surface area contributed by atoms with E-state index < -0.39 is 0 Å². The number of carbonyl (C=O) groups is 1. The van der Waals surface area contributed by atoms with Crippen molar-refractivity contribution in [3.63, 3.8) is 0 Å². The van der Waals surface area contributed by atoms with Crippen LogP contribution in [0, 0.1) is 0 Å². The molecule has 150 valence electrons. The Morgan fingerprint density at radius 2 is 1.97 bits per heavy atom. The van der Waals surface area contributed by atoms with E-state index in [1.165, 1.54) is 31.3 Å². The van der Waals surface area contributed by atoms with Gasteiger partial charge in [-0.25, -0.2) is 0 Å². The number of aryl methyl sites for hydroxylation is 1. The number of amides is 1. The predicted octanol–water partition coefficient (Wildman–Crippen LogP) is 4.75. The van der Waals surface area contributed by atoms with E-state index in [1.54, 1.807) is 37.4 Å². The maximum Gasteiger partial charge on any atom is 0.276 e. The number of benzene rings is 2. The van der Waals surface area contributed by atoms with Crippen LogP contribution in [0.2, 0.25) is 10.0 Å². The molecule has 29 heavy (non-hydrogen) atoms. The van der Waals surface area contributed by atoms with E-state index >= 15 is 0 Å². The average molecular weight is 433 g/mol. The van der Waals surface area contributed by atoms with Crippen molar-refractivity contribution in [1.82, 2.24) is 9.78 Å². The van der Waals surface area contributed by atoms with Gasteiger partial charge in [0.15, 0.2) is 5.69 Å². The molecule has 0 aliphatic rings. The Bertz CT molecular complexity index is 1080. The van der Waals surface area contributed by atoms with Crippen LogP contribution >= 0.6 is 23.2 Å². The van der Waals surface area contributed by atoms with Gasteiger partial charge in [-0.2, -0.15) is 5.10 Å². The third-order valence-electron chi connectivity index (χ3n) is 4.07. The summed E-state index contributed by atoms with van der Waals surface area (Å²) in [6.07, 6.45) is 3.01. The smallest absolute Gasteiger partial charge is 0.276 e. The number of para-hydroxylation sites is 2. The van der Waals surface area contributed by atoms with Gasteiger partial charge in [-0.15, -0.1) is 0 Å². The summed E-state index contributed by atoms with van der Waals surface area (Å²) in [7, 11) is 4.70. The Hall–Kier alpha value is -3.03. The molecule has 0 fully saturated rings. The molecule has 0 unspecified atom stereocenters. The van der Waals surface area contributed by atoms with Gasteiger partial charge in [0.2, 0.25) is 0 Å². The molecule has 1 N–H and O–H groups in total. The number of anilines is 1. The number of halogens is 2. The summed E-state index contributed by atoms with van der Waals surface area (Å²) in [6.45, 7) is 0.